The zero-order valence-electron chi connectivity index (χ0n) is 11.0. The Hall–Kier alpha value is -1.13. The van der Waals surface area contributed by atoms with Crippen molar-refractivity contribution in [1.82, 2.24) is 9.97 Å². The van der Waals surface area contributed by atoms with Crippen molar-refractivity contribution in [3.63, 3.8) is 0 Å². The normalized spacial score (nSPS) is 25.9. The number of aryl methyl sites for hydroxylation is 2. The van der Waals surface area contributed by atoms with E-state index in [9.17, 15) is 0 Å². The maximum absolute atomic E-state index is 6.10. The van der Waals surface area contributed by atoms with Crippen molar-refractivity contribution in [1.29, 1.82) is 0 Å². The number of nitrogens with one attached hydrogen (secondary N) is 1. The SMILES string of the molecule is NC1CCCC(c2nc3c([nH]2)CCc2sccc2-3)C1. The van der Waals surface area contributed by atoms with Gasteiger partial charge in [-0.3, -0.25) is 0 Å². The quantitative estimate of drug-likeness (QED) is 0.838. The number of hydrogen-bond acceptors (Lipinski definition) is 3. The van der Waals surface area contributed by atoms with Crippen LogP contribution in [0.25, 0.3) is 11.3 Å². The average Bonchev–Trinajstić information content (AvgIpc) is 3.04. The maximum atomic E-state index is 6.10. The van der Waals surface area contributed by atoms with Crippen molar-refractivity contribution >= 4 is 11.3 Å². The fourth-order valence-corrected chi connectivity index (χ4v) is 4.37. The number of H-pyrrole nitrogens is 1. The number of nitrogens with two attached hydrogens (primary N) is 1. The van der Waals surface area contributed by atoms with Gasteiger partial charge < -0.3 is 10.7 Å². The number of thiophene rings is 1. The lowest BCUT2D eigenvalue weighted by Gasteiger charge is -2.24. The summed E-state index contributed by atoms with van der Waals surface area (Å²) < 4.78 is 0. The summed E-state index contributed by atoms with van der Waals surface area (Å²) in [5, 5.41) is 2.19. The lowest BCUT2D eigenvalue weighted by Crippen LogP contribution is -2.27. The minimum atomic E-state index is 0.359. The molecule has 2 aliphatic carbocycles. The van der Waals surface area contributed by atoms with E-state index in [0.29, 0.717) is 12.0 Å². The second kappa shape index (κ2) is 4.46. The third-order valence-corrected chi connectivity index (χ3v) is 5.48. The smallest absolute Gasteiger partial charge is 0.110 e. The second-order valence-electron chi connectivity index (χ2n) is 5.83. The molecule has 0 amide bonds. The van der Waals surface area contributed by atoms with E-state index in [1.807, 2.05) is 11.3 Å². The van der Waals surface area contributed by atoms with Crippen LogP contribution < -0.4 is 5.73 Å². The Morgan fingerprint density at radius 2 is 2.26 bits per heavy atom. The maximum Gasteiger partial charge on any atom is 0.110 e. The third kappa shape index (κ3) is 1.94. The first-order valence-electron chi connectivity index (χ1n) is 7.22. The van der Waals surface area contributed by atoms with Crippen molar-refractivity contribution in [3.05, 3.63) is 27.8 Å². The Labute approximate surface area is 117 Å². The molecule has 2 atom stereocenters. The number of rotatable bonds is 1. The predicted molar refractivity (Wildman–Crippen MR) is 78.5 cm³/mol. The van der Waals surface area contributed by atoms with Gasteiger partial charge in [-0.05, 0) is 43.6 Å². The van der Waals surface area contributed by atoms with Gasteiger partial charge in [0.15, 0.2) is 0 Å². The van der Waals surface area contributed by atoms with E-state index in [2.05, 4.69) is 16.4 Å². The van der Waals surface area contributed by atoms with Crippen molar-refractivity contribution in [3.8, 4) is 11.3 Å². The van der Waals surface area contributed by atoms with Gasteiger partial charge in [-0.15, -0.1) is 11.3 Å². The number of aromatic amines is 1. The molecule has 100 valence electrons. The lowest BCUT2D eigenvalue weighted by atomic mass is 9.86. The molecule has 2 unspecified atom stereocenters. The van der Waals surface area contributed by atoms with Crippen LogP contribution in [-0.4, -0.2) is 16.0 Å². The fourth-order valence-electron chi connectivity index (χ4n) is 3.49. The number of aromatic nitrogens is 2. The molecule has 1 fully saturated rings. The van der Waals surface area contributed by atoms with Gasteiger partial charge in [-0.1, -0.05) is 6.42 Å². The standard InChI is InChI=1S/C15H19N3S/c16-10-3-1-2-9(8-10)15-17-12-4-5-13-11(6-7-19-13)14(12)18-15/h6-7,9-10H,1-5,8,16H2,(H,17,18). The summed E-state index contributed by atoms with van der Waals surface area (Å²) in [7, 11) is 0. The van der Waals surface area contributed by atoms with Crippen molar-refractivity contribution in [2.75, 3.05) is 0 Å². The first-order chi connectivity index (χ1) is 9.31. The summed E-state index contributed by atoms with van der Waals surface area (Å²) in [5.41, 5.74) is 10.00. The lowest BCUT2D eigenvalue weighted by molar-refractivity contribution is 0.383. The zero-order chi connectivity index (χ0) is 12.8. The molecule has 2 aromatic heterocycles. The van der Waals surface area contributed by atoms with Crippen LogP contribution in [0.2, 0.25) is 0 Å². The van der Waals surface area contributed by atoms with E-state index in [-0.39, 0.29) is 0 Å². The summed E-state index contributed by atoms with van der Waals surface area (Å²) in [4.78, 5) is 10.0. The fraction of sp³-hybridized carbons (Fsp3) is 0.533. The molecule has 19 heavy (non-hydrogen) atoms. The van der Waals surface area contributed by atoms with Crippen LogP contribution >= 0.6 is 11.3 Å². The molecule has 4 heteroatoms. The Bertz CT molecular complexity index is 598. The van der Waals surface area contributed by atoms with Crippen LogP contribution in [0.5, 0.6) is 0 Å². The number of hydrogen-bond donors (Lipinski definition) is 2. The average molecular weight is 273 g/mol. The largest absolute Gasteiger partial charge is 0.345 e. The summed E-state index contributed by atoms with van der Waals surface area (Å²) in [6.07, 6.45) is 6.99. The molecule has 2 aromatic rings. The topological polar surface area (TPSA) is 54.7 Å². The van der Waals surface area contributed by atoms with E-state index >= 15 is 0 Å². The van der Waals surface area contributed by atoms with Crippen molar-refractivity contribution in [2.24, 2.45) is 5.73 Å². The molecule has 1 saturated carbocycles. The first kappa shape index (κ1) is 11.7. The molecule has 2 aliphatic rings. The zero-order valence-corrected chi connectivity index (χ0v) is 11.8. The van der Waals surface area contributed by atoms with E-state index < -0.39 is 0 Å². The van der Waals surface area contributed by atoms with E-state index in [1.54, 1.807) is 0 Å². The second-order valence-corrected chi connectivity index (χ2v) is 6.83. The molecule has 4 rings (SSSR count). The van der Waals surface area contributed by atoms with Gasteiger partial charge >= 0.3 is 0 Å². The van der Waals surface area contributed by atoms with Gasteiger partial charge in [0.25, 0.3) is 0 Å². The molecule has 3 N–H and O–H groups in total. The molecule has 2 heterocycles. The van der Waals surface area contributed by atoms with Crippen LogP contribution in [0.15, 0.2) is 11.4 Å². The monoisotopic (exact) mass is 273 g/mol. The van der Waals surface area contributed by atoms with Gasteiger partial charge in [0.2, 0.25) is 0 Å². The van der Waals surface area contributed by atoms with Gasteiger partial charge in [0, 0.05) is 28.1 Å². The van der Waals surface area contributed by atoms with Crippen LogP contribution in [0.3, 0.4) is 0 Å². The summed E-state index contributed by atoms with van der Waals surface area (Å²) in [6, 6.07) is 2.58. The van der Waals surface area contributed by atoms with E-state index in [0.717, 1.165) is 19.3 Å². The highest BCUT2D eigenvalue weighted by atomic mass is 32.1. The van der Waals surface area contributed by atoms with Gasteiger partial charge in [-0.2, -0.15) is 0 Å². The minimum absolute atomic E-state index is 0.359. The van der Waals surface area contributed by atoms with Gasteiger partial charge in [-0.25, -0.2) is 4.98 Å². The van der Waals surface area contributed by atoms with Gasteiger partial charge in [0.05, 0.1) is 5.69 Å². The number of imidazole rings is 1. The van der Waals surface area contributed by atoms with Crippen LogP contribution in [0.1, 0.15) is 48.0 Å². The molecule has 0 aliphatic heterocycles. The molecule has 0 aromatic carbocycles. The predicted octanol–water partition coefficient (Wildman–Crippen LogP) is 3.22. The van der Waals surface area contributed by atoms with Gasteiger partial charge in [0.1, 0.15) is 5.82 Å². The molecule has 0 spiro atoms. The Morgan fingerprint density at radius 3 is 3.16 bits per heavy atom. The number of nitrogens with zero attached hydrogens (tertiary/aromatic N) is 1. The summed E-state index contributed by atoms with van der Waals surface area (Å²) in [5.74, 6) is 1.72. The number of fused-ring (bicyclic) bond motifs is 3. The molecule has 3 nitrogen and oxygen atoms in total. The van der Waals surface area contributed by atoms with E-state index in [4.69, 9.17) is 10.7 Å². The highest BCUT2D eigenvalue weighted by Crippen LogP contribution is 2.38. The van der Waals surface area contributed by atoms with Crippen molar-refractivity contribution in [2.45, 2.75) is 50.5 Å². The molecule has 0 bridgehead atoms. The van der Waals surface area contributed by atoms with Crippen LogP contribution in [0, 0.1) is 0 Å². The summed E-state index contributed by atoms with van der Waals surface area (Å²) >= 11 is 1.86. The van der Waals surface area contributed by atoms with E-state index in [1.165, 1.54) is 46.9 Å². The first-order valence-corrected chi connectivity index (χ1v) is 8.10. The highest BCUT2D eigenvalue weighted by molar-refractivity contribution is 7.10. The molecule has 0 saturated heterocycles. The third-order valence-electron chi connectivity index (χ3n) is 4.50. The summed E-state index contributed by atoms with van der Waals surface area (Å²) in [6.45, 7) is 0. The van der Waals surface area contributed by atoms with Crippen LogP contribution in [0.4, 0.5) is 0 Å². The molecule has 0 radical (unpaired) electrons. The molecular weight excluding hydrogens is 254 g/mol. The minimum Gasteiger partial charge on any atom is -0.345 e. The highest BCUT2D eigenvalue weighted by Gasteiger charge is 2.27. The Kier molecular flexibility index (Phi) is 2.74. The Balaban J connectivity index is 1.70. The van der Waals surface area contributed by atoms with Crippen molar-refractivity contribution < 1.29 is 0 Å². The molecular formula is C15H19N3S. The Morgan fingerprint density at radius 1 is 1.32 bits per heavy atom. The van der Waals surface area contributed by atoms with Crippen LogP contribution in [-0.2, 0) is 12.8 Å².